The maximum Gasteiger partial charge on any atom is 0.319 e. The summed E-state index contributed by atoms with van der Waals surface area (Å²) in [4.78, 5) is 5.71. The van der Waals surface area contributed by atoms with E-state index in [4.69, 9.17) is 9.84 Å². The van der Waals surface area contributed by atoms with E-state index in [0.717, 1.165) is 4.57 Å². The molecule has 0 unspecified atom stereocenters. The summed E-state index contributed by atoms with van der Waals surface area (Å²) < 4.78 is 31.0. The molecule has 1 rings (SSSR count). The van der Waals surface area contributed by atoms with Gasteiger partial charge in [0, 0.05) is 18.9 Å². The van der Waals surface area contributed by atoms with Crippen molar-refractivity contribution in [1.82, 2.24) is 14.5 Å². The van der Waals surface area contributed by atoms with Gasteiger partial charge in [0.05, 0.1) is 26.4 Å². The van der Waals surface area contributed by atoms with E-state index in [1.54, 1.807) is 7.05 Å². The monoisotopic (exact) mass is 249 g/mol. The zero-order valence-corrected chi connectivity index (χ0v) is 9.72. The Bertz CT molecular complexity index is 320. The van der Waals surface area contributed by atoms with Gasteiger partial charge in [0.15, 0.2) is 0 Å². The quantitative estimate of drug-likeness (QED) is 0.690. The molecule has 0 atom stereocenters. The second-order valence-corrected chi connectivity index (χ2v) is 3.60. The summed E-state index contributed by atoms with van der Waals surface area (Å²) in [5, 5.41) is 8.50. The van der Waals surface area contributed by atoms with Gasteiger partial charge in [-0.05, 0) is 7.05 Å². The van der Waals surface area contributed by atoms with Crippen molar-refractivity contribution in [3.8, 4) is 0 Å². The molecule has 0 aliphatic carbocycles. The van der Waals surface area contributed by atoms with Crippen LogP contribution in [0.5, 0.6) is 0 Å². The summed E-state index contributed by atoms with van der Waals surface area (Å²) >= 11 is 0. The van der Waals surface area contributed by atoms with E-state index in [2.05, 4.69) is 4.98 Å². The van der Waals surface area contributed by atoms with E-state index >= 15 is 0 Å². The summed E-state index contributed by atoms with van der Waals surface area (Å²) in [6.07, 6.45) is 2.62. The van der Waals surface area contributed by atoms with Gasteiger partial charge in [-0.25, -0.2) is 4.98 Å². The topological polar surface area (TPSA) is 50.5 Å². The molecule has 0 radical (unpaired) electrons. The lowest BCUT2D eigenvalue weighted by Crippen LogP contribution is -2.25. The molecule has 0 fully saturated rings. The van der Waals surface area contributed by atoms with Gasteiger partial charge in [0.1, 0.15) is 5.82 Å². The average Bonchev–Trinajstić information content (AvgIpc) is 2.72. The van der Waals surface area contributed by atoms with E-state index in [9.17, 15) is 8.78 Å². The first-order valence-electron chi connectivity index (χ1n) is 5.32. The van der Waals surface area contributed by atoms with Crippen LogP contribution in [0.1, 0.15) is 12.4 Å². The fraction of sp³-hybridized carbons (Fsp3) is 0.700. The van der Waals surface area contributed by atoms with E-state index in [-0.39, 0.29) is 6.61 Å². The minimum atomic E-state index is -2.56. The molecule has 0 aliphatic heterocycles. The number of hydrogen-bond acceptors (Lipinski definition) is 4. The number of aromatic nitrogens is 2. The zero-order chi connectivity index (χ0) is 12.7. The number of imidazole rings is 1. The molecule has 98 valence electrons. The van der Waals surface area contributed by atoms with Crippen LogP contribution in [0, 0.1) is 0 Å². The van der Waals surface area contributed by atoms with Gasteiger partial charge in [0.2, 0.25) is 0 Å². The Kier molecular flexibility index (Phi) is 6.03. The fourth-order valence-corrected chi connectivity index (χ4v) is 1.35. The molecule has 17 heavy (non-hydrogen) atoms. The Balaban J connectivity index is 2.34. The van der Waals surface area contributed by atoms with Crippen LogP contribution in [0.4, 0.5) is 8.78 Å². The predicted octanol–water partition coefficient (Wildman–Crippen LogP) is 0.719. The number of hydrogen-bond donors (Lipinski definition) is 1. The van der Waals surface area contributed by atoms with Gasteiger partial charge in [-0.3, -0.25) is 9.47 Å². The van der Waals surface area contributed by atoms with Crippen molar-refractivity contribution in [2.75, 3.05) is 33.4 Å². The molecule has 1 aromatic rings. The second kappa shape index (κ2) is 7.31. The molecule has 0 saturated heterocycles. The number of alkyl halides is 2. The highest BCUT2D eigenvalue weighted by Gasteiger charge is 2.12. The van der Waals surface area contributed by atoms with Crippen LogP contribution < -0.4 is 0 Å². The Hall–Kier alpha value is -1.05. The number of halogens is 2. The molecule has 0 spiro atoms. The van der Waals surface area contributed by atoms with E-state index in [0.29, 0.717) is 32.1 Å². The number of ether oxygens (including phenoxy) is 1. The summed E-state index contributed by atoms with van der Waals surface area (Å²) in [5.74, 6) is 0.324. The van der Waals surface area contributed by atoms with Gasteiger partial charge >= 0.3 is 6.55 Å². The van der Waals surface area contributed by atoms with Gasteiger partial charge in [-0.2, -0.15) is 8.78 Å². The Labute approximate surface area is 98.6 Å². The van der Waals surface area contributed by atoms with Crippen molar-refractivity contribution in [2.45, 2.75) is 13.1 Å². The van der Waals surface area contributed by atoms with E-state index in [1.165, 1.54) is 12.4 Å². The van der Waals surface area contributed by atoms with Gasteiger partial charge < -0.3 is 9.84 Å². The SMILES string of the molecule is CN(CCOCCO)Cc1nccn1C(F)F. The fourth-order valence-electron chi connectivity index (χ4n) is 1.35. The maximum absolute atomic E-state index is 12.5. The smallest absolute Gasteiger partial charge is 0.319 e. The zero-order valence-electron chi connectivity index (χ0n) is 9.72. The molecule has 1 N–H and O–H groups in total. The summed E-state index contributed by atoms with van der Waals surface area (Å²) in [7, 11) is 1.80. The normalized spacial score (nSPS) is 11.6. The highest BCUT2D eigenvalue weighted by atomic mass is 19.3. The van der Waals surface area contributed by atoms with Crippen LogP contribution in [0.15, 0.2) is 12.4 Å². The lowest BCUT2D eigenvalue weighted by molar-refractivity contribution is 0.0603. The summed E-state index contributed by atoms with van der Waals surface area (Å²) in [6.45, 7) is -0.909. The number of aliphatic hydroxyl groups excluding tert-OH is 1. The molecule has 1 aromatic heterocycles. The standard InChI is InChI=1S/C10H17F2N3O2/c1-14(4-6-17-7-5-16)8-9-13-2-3-15(9)10(11)12/h2-3,10,16H,4-8H2,1H3. The largest absolute Gasteiger partial charge is 0.394 e. The van der Waals surface area contributed by atoms with Crippen LogP contribution in [-0.4, -0.2) is 53.0 Å². The molecule has 7 heteroatoms. The van der Waals surface area contributed by atoms with Crippen molar-refractivity contribution in [3.63, 3.8) is 0 Å². The van der Waals surface area contributed by atoms with Gasteiger partial charge in [0.25, 0.3) is 0 Å². The van der Waals surface area contributed by atoms with Crippen molar-refractivity contribution >= 4 is 0 Å². The first kappa shape index (κ1) is 14.0. The Morgan fingerprint density at radius 2 is 2.29 bits per heavy atom. The maximum atomic E-state index is 12.5. The first-order valence-corrected chi connectivity index (χ1v) is 5.32. The third-order valence-electron chi connectivity index (χ3n) is 2.22. The minimum Gasteiger partial charge on any atom is -0.394 e. The number of aliphatic hydroxyl groups is 1. The van der Waals surface area contributed by atoms with Crippen LogP contribution in [0.25, 0.3) is 0 Å². The molecule has 0 aliphatic rings. The Morgan fingerprint density at radius 1 is 1.53 bits per heavy atom. The average molecular weight is 249 g/mol. The van der Waals surface area contributed by atoms with Crippen molar-refractivity contribution in [2.24, 2.45) is 0 Å². The molecule has 1 heterocycles. The molecule has 0 aromatic carbocycles. The molecule has 0 saturated carbocycles. The molecule has 0 bridgehead atoms. The molecular formula is C10H17F2N3O2. The highest BCUT2D eigenvalue weighted by Crippen LogP contribution is 2.13. The van der Waals surface area contributed by atoms with Crippen LogP contribution >= 0.6 is 0 Å². The highest BCUT2D eigenvalue weighted by molar-refractivity contribution is 4.92. The predicted molar refractivity (Wildman–Crippen MR) is 57.7 cm³/mol. The third kappa shape index (κ3) is 4.76. The number of rotatable bonds is 8. The lowest BCUT2D eigenvalue weighted by Gasteiger charge is -2.16. The molecular weight excluding hydrogens is 232 g/mol. The lowest BCUT2D eigenvalue weighted by atomic mass is 10.5. The van der Waals surface area contributed by atoms with Gasteiger partial charge in [-0.15, -0.1) is 0 Å². The van der Waals surface area contributed by atoms with E-state index in [1.807, 2.05) is 4.90 Å². The van der Waals surface area contributed by atoms with Gasteiger partial charge in [-0.1, -0.05) is 0 Å². The third-order valence-corrected chi connectivity index (χ3v) is 2.22. The first-order chi connectivity index (χ1) is 8.15. The molecule has 0 amide bonds. The van der Waals surface area contributed by atoms with E-state index < -0.39 is 6.55 Å². The molecule has 5 nitrogen and oxygen atoms in total. The van der Waals surface area contributed by atoms with Crippen molar-refractivity contribution in [3.05, 3.63) is 18.2 Å². The van der Waals surface area contributed by atoms with Crippen LogP contribution in [-0.2, 0) is 11.3 Å². The number of likely N-dealkylation sites (N-methyl/N-ethyl adjacent to an activating group) is 1. The van der Waals surface area contributed by atoms with Crippen molar-refractivity contribution in [1.29, 1.82) is 0 Å². The summed E-state index contributed by atoms with van der Waals surface area (Å²) in [5.41, 5.74) is 0. The Morgan fingerprint density at radius 3 is 2.94 bits per heavy atom. The minimum absolute atomic E-state index is 0.0144. The summed E-state index contributed by atoms with van der Waals surface area (Å²) in [6, 6.07) is 0. The van der Waals surface area contributed by atoms with Crippen LogP contribution in [0.2, 0.25) is 0 Å². The van der Waals surface area contributed by atoms with Crippen molar-refractivity contribution < 1.29 is 18.6 Å². The van der Waals surface area contributed by atoms with Crippen LogP contribution in [0.3, 0.4) is 0 Å². The second-order valence-electron chi connectivity index (χ2n) is 3.60. The number of nitrogens with zero attached hydrogens (tertiary/aromatic N) is 3.